The Balaban J connectivity index is 1.38. The highest BCUT2D eigenvalue weighted by atomic mass is 16.5. The van der Waals surface area contributed by atoms with Crippen molar-refractivity contribution >= 4 is 11.5 Å². The lowest BCUT2D eigenvalue weighted by Gasteiger charge is -2.29. The Morgan fingerprint density at radius 1 is 1.09 bits per heavy atom. The van der Waals surface area contributed by atoms with Gasteiger partial charge in [0.1, 0.15) is 11.5 Å². The Bertz CT molecular complexity index is 483. The molecule has 0 amide bonds. The molecule has 0 saturated carbocycles. The minimum absolute atomic E-state index is 0.365. The molecule has 0 radical (unpaired) electrons. The number of Topliss-reactive ketones (excluding diaryl/α,β-unsaturated/α-hetero) is 1. The molecular weight excluding hydrogens is 278 g/mol. The first-order chi connectivity index (χ1) is 10.8. The van der Waals surface area contributed by atoms with Crippen LogP contribution >= 0.6 is 0 Å². The molecule has 2 fully saturated rings. The third-order valence-corrected chi connectivity index (χ3v) is 4.31. The van der Waals surface area contributed by atoms with E-state index in [0.717, 1.165) is 51.4 Å². The van der Waals surface area contributed by atoms with Crippen LogP contribution in [0.15, 0.2) is 24.3 Å². The maximum atomic E-state index is 11.2. The van der Waals surface area contributed by atoms with Crippen LogP contribution in [-0.4, -0.2) is 63.1 Å². The largest absolute Gasteiger partial charge is 0.494 e. The second kappa shape index (κ2) is 7.61. The summed E-state index contributed by atoms with van der Waals surface area (Å²) in [4.78, 5) is 15.8. The van der Waals surface area contributed by atoms with E-state index in [4.69, 9.17) is 4.74 Å². The Labute approximate surface area is 132 Å². The maximum Gasteiger partial charge on any atom is 0.148 e. The van der Waals surface area contributed by atoms with E-state index < -0.39 is 0 Å². The number of ether oxygens (including phenoxy) is 1. The van der Waals surface area contributed by atoms with Gasteiger partial charge in [-0.05, 0) is 30.7 Å². The smallest absolute Gasteiger partial charge is 0.148 e. The van der Waals surface area contributed by atoms with Crippen molar-refractivity contribution in [2.75, 3.05) is 57.3 Å². The molecule has 0 unspecified atom stereocenters. The zero-order valence-corrected chi connectivity index (χ0v) is 13.1. The van der Waals surface area contributed by atoms with Crippen LogP contribution in [0.5, 0.6) is 5.75 Å². The number of nitrogens with zero attached hydrogens (tertiary/aromatic N) is 2. The van der Waals surface area contributed by atoms with Gasteiger partial charge in [-0.2, -0.15) is 0 Å². The average molecular weight is 303 g/mol. The van der Waals surface area contributed by atoms with Gasteiger partial charge in [-0.3, -0.25) is 9.69 Å². The quantitative estimate of drug-likeness (QED) is 0.799. The number of nitrogens with one attached hydrogen (secondary N) is 1. The van der Waals surface area contributed by atoms with Gasteiger partial charge in [0, 0.05) is 51.4 Å². The molecule has 0 atom stereocenters. The molecular formula is C17H25N3O2. The van der Waals surface area contributed by atoms with Crippen molar-refractivity contribution in [1.29, 1.82) is 0 Å². The molecule has 1 aromatic carbocycles. The van der Waals surface area contributed by atoms with E-state index in [1.54, 1.807) is 0 Å². The Kier molecular flexibility index (Phi) is 5.29. The summed E-state index contributed by atoms with van der Waals surface area (Å²) in [5, 5.41) is 3.36. The van der Waals surface area contributed by atoms with Crippen LogP contribution in [0.1, 0.15) is 12.8 Å². The van der Waals surface area contributed by atoms with Gasteiger partial charge in [0.25, 0.3) is 0 Å². The van der Waals surface area contributed by atoms with Gasteiger partial charge < -0.3 is 15.0 Å². The lowest BCUT2D eigenvalue weighted by atomic mass is 10.2. The van der Waals surface area contributed by atoms with Crippen molar-refractivity contribution in [2.45, 2.75) is 12.8 Å². The normalized spacial score (nSPS) is 19.6. The van der Waals surface area contributed by atoms with Crippen LogP contribution in [-0.2, 0) is 4.79 Å². The van der Waals surface area contributed by atoms with Crippen LogP contribution in [0.3, 0.4) is 0 Å². The van der Waals surface area contributed by atoms with E-state index in [2.05, 4.69) is 39.4 Å². The molecule has 2 saturated heterocycles. The maximum absolute atomic E-state index is 11.2. The second-order valence-electron chi connectivity index (χ2n) is 6.00. The summed E-state index contributed by atoms with van der Waals surface area (Å²) in [6.07, 6.45) is 1.68. The zero-order valence-electron chi connectivity index (χ0n) is 13.1. The fraction of sp³-hybridized carbons (Fsp3) is 0.588. The van der Waals surface area contributed by atoms with E-state index in [-0.39, 0.29) is 0 Å². The lowest BCUT2D eigenvalue weighted by Crippen LogP contribution is -2.43. The van der Waals surface area contributed by atoms with Gasteiger partial charge in [0.15, 0.2) is 0 Å². The fourth-order valence-electron chi connectivity index (χ4n) is 3.04. The molecule has 22 heavy (non-hydrogen) atoms. The number of carbonyl (C=O) groups is 1. The van der Waals surface area contributed by atoms with Crippen molar-refractivity contribution in [3.05, 3.63) is 24.3 Å². The molecule has 120 valence electrons. The van der Waals surface area contributed by atoms with Gasteiger partial charge in [0.05, 0.1) is 13.2 Å². The van der Waals surface area contributed by atoms with Gasteiger partial charge in [-0.25, -0.2) is 0 Å². The number of likely N-dealkylation sites (tertiary alicyclic amines) is 1. The number of hydrogen-bond acceptors (Lipinski definition) is 5. The predicted molar refractivity (Wildman–Crippen MR) is 87.7 cm³/mol. The number of rotatable bonds is 6. The first kappa shape index (κ1) is 15.3. The van der Waals surface area contributed by atoms with E-state index in [1.807, 2.05) is 0 Å². The molecule has 1 aromatic rings. The van der Waals surface area contributed by atoms with Gasteiger partial charge in [0.2, 0.25) is 0 Å². The topological polar surface area (TPSA) is 44.8 Å². The minimum Gasteiger partial charge on any atom is -0.494 e. The Morgan fingerprint density at radius 3 is 2.55 bits per heavy atom. The molecule has 1 N–H and O–H groups in total. The highest BCUT2D eigenvalue weighted by Crippen LogP contribution is 2.20. The van der Waals surface area contributed by atoms with Crippen molar-refractivity contribution in [3.63, 3.8) is 0 Å². The summed E-state index contributed by atoms with van der Waals surface area (Å²) in [6.45, 7) is 7.43. The molecule has 0 aromatic heterocycles. The number of hydrogen-bond donors (Lipinski definition) is 1. The lowest BCUT2D eigenvalue weighted by molar-refractivity contribution is -0.116. The number of anilines is 1. The number of piperazine rings is 1. The van der Waals surface area contributed by atoms with Crippen LogP contribution in [0, 0.1) is 0 Å². The number of carbonyl (C=O) groups excluding carboxylic acids is 1. The Morgan fingerprint density at radius 2 is 1.86 bits per heavy atom. The van der Waals surface area contributed by atoms with Gasteiger partial charge >= 0.3 is 0 Å². The molecule has 0 spiro atoms. The first-order valence-corrected chi connectivity index (χ1v) is 8.24. The molecule has 2 aliphatic heterocycles. The van der Waals surface area contributed by atoms with E-state index in [0.29, 0.717) is 25.4 Å². The van der Waals surface area contributed by atoms with E-state index in [9.17, 15) is 4.79 Å². The Hall–Kier alpha value is -1.59. The van der Waals surface area contributed by atoms with Crippen molar-refractivity contribution in [2.24, 2.45) is 0 Å². The van der Waals surface area contributed by atoms with Crippen LogP contribution in [0.2, 0.25) is 0 Å². The monoisotopic (exact) mass is 303 g/mol. The molecule has 5 nitrogen and oxygen atoms in total. The molecule has 2 heterocycles. The van der Waals surface area contributed by atoms with Crippen LogP contribution in [0.25, 0.3) is 0 Å². The highest BCUT2D eigenvalue weighted by Gasteiger charge is 2.18. The van der Waals surface area contributed by atoms with E-state index in [1.165, 1.54) is 5.69 Å². The minimum atomic E-state index is 0.365. The molecule has 5 heteroatoms. The summed E-state index contributed by atoms with van der Waals surface area (Å²) in [5.74, 6) is 1.29. The standard InChI is InChI=1S/C17H25N3O2/c21-16-6-10-19(14-16)9-1-13-22-17-4-2-15(3-5-17)20-11-7-18-8-12-20/h2-5,18H,1,6-14H2. The van der Waals surface area contributed by atoms with Crippen molar-refractivity contribution in [3.8, 4) is 5.75 Å². The van der Waals surface area contributed by atoms with Crippen molar-refractivity contribution < 1.29 is 9.53 Å². The molecule has 3 rings (SSSR count). The molecule has 2 aliphatic rings. The summed E-state index contributed by atoms with van der Waals surface area (Å²) >= 11 is 0. The second-order valence-corrected chi connectivity index (χ2v) is 6.00. The fourth-order valence-corrected chi connectivity index (χ4v) is 3.04. The zero-order chi connectivity index (χ0) is 15.2. The van der Waals surface area contributed by atoms with Crippen LogP contribution < -0.4 is 15.0 Å². The van der Waals surface area contributed by atoms with Gasteiger partial charge in [-0.1, -0.05) is 0 Å². The summed E-state index contributed by atoms with van der Waals surface area (Å²) in [5.41, 5.74) is 1.27. The summed E-state index contributed by atoms with van der Waals surface area (Å²) < 4.78 is 5.79. The van der Waals surface area contributed by atoms with Crippen LogP contribution in [0.4, 0.5) is 5.69 Å². The number of ketones is 1. The summed E-state index contributed by atoms with van der Waals surface area (Å²) in [7, 11) is 0. The highest BCUT2D eigenvalue weighted by molar-refractivity contribution is 5.82. The van der Waals surface area contributed by atoms with Gasteiger partial charge in [-0.15, -0.1) is 0 Å². The molecule has 0 bridgehead atoms. The SMILES string of the molecule is O=C1CCN(CCCOc2ccc(N3CCNCC3)cc2)C1. The molecule has 0 aliphatic carbocycles. The predicted octanol–water partition coefficient (Wildman–Crippen LogP) is 1.14. The average Bonchev–Trinajstić information content (AvgIpc) is 2.98. The number of benzene rings is 1. The summed E-state index contributed by atoms with van der Waals surface area (Å²) in [6, 6.07) is 8.38. The van der Waals surface area contributed by atoms with Crippen molar-refractivity contribution in [1.82, 2.24) is 10.2 Å². The third-order valence-electron chi connectivity index (χ3n) is 4.31. The first-order valence-electron chi connectivity index (χ1n) is 8.24. The van der Waals surface area contributed by atoms with E-state index >= 15 is 0 Å². The third kappa shape index (κ3) is 4.21.